The SMILES string of the molecule is Cn1nccc1NC(=O)CCc1ccc(N)cc1. The van der Waals surface area contributed by atoms with E-state index in [2.05, 4.69) is 10.4 Å². The summed E-state index contributed by atoms with van der Waals surface area (Å²) in [7, 11) is 1.79. The number of carbonyl (C=O) groups is 1. The number of anilines is 2. The van der Waals surface area contributed by atoms with E-state index in [1.807, 2.05) is 24.3 Å². The van der Waals surface area contributed by atoms with Gasteiger partial charge in [0.25, 0.3) is 0 Å². The monoisotopic (exact) mass is 244 g/mol. The second-order valence-electron chi connectivity index (χ2n) is 4.13. The first kappa shape index (κ1) is 12.2. The van der Waals surface area contributed by atoms with E-state index < -0.39 is 0 Å². The van der Waals surface area contributed by atoms with Crippen LogP contribution >= 0.6 is 0 Å². The second kappa shape index (κ2) is 5.35. The van der Waals surface area contributed by atoms with Crippen molar-refractivity contribution < 1.29 is 4.79 Å². The molecule has 18 heavy (non-hydrogen) atoms. The summed E-state index contributed by atoms with van der Waals surface area (Å²) < 4.78 is 1.63. The third-order valence-electron chi connectivity index (χ3n) is 2.71. The van der Waals surface area contributed by atoms with E-state index in [-0.39, 0.29) is 5.91 Å². The van der Waals surface area contributed by atoms with Crippen LogP contribution in [0.3, 0.4) is 0 Å². The average molecular weight is 244 g/mol. The lowest BCUT2D eigenvalue weighted by atomic mass is 10.1. The van der Waals surface area contributed by atoms with Gasteiger partial charge in [-0.3, -0.25) is 9.48 Å². The first-order chi connectivity index (χ1) is 8.65. The van der Waals surface area contributed by atoms with Gasteiger partial charge in [0.05, 0.1) is 6.20 Å². The average Bonchev–Trinajstić information content (AvgIpc) is 2.74. The molecule has 1 amide bonds. The quantitative estimate of drug-likeness (QED) is 0.802. The normalized spacial score (nSPS) is 10.3. The van der Waals surface area contributed by atoms with Crippen molar-refractivity contribution in [3.8, 4) is 0 Å². The molecule has 1 aromatic carbocycles. The summed E-state index contributed by atoms with van der Waals surface area (Å²) in [6, 6.07) is 9.32. The number of benzene rings is 1. The number of aryl methyl sites for hydroxylation is 2. The van der Waals surface area contributed by atoms with Crippen LogP contribution in [-0.2, 0) is 18.3 Å². The maximum Gasteiger partial charge on any atom is 0.225 e. The third kappa shape index (κ3) is 3.10. The van der Waals surface area contributed by atoms with E-state index in [0.29, 0.717) is 18.7 Å². The van der Waals surface area contributed by atoms with E-state index in [0.717, 1.165) is 11.3 Å². The molecule has 0 saturated carbocycles. The van der Waals surface area contributed by atoms with Crippen molar-refractivity contribution in [2.75, 3.05) is 11.1 Å². The molecule has 2 rings (SSSR count). The molecular formula is C13H16N4O. The van der Waals surface area contributed by atoms with Crippen LogP contribution in [0.25, 0.3) is 0 Å². The van der Waals surface area contributed by atoms with Crippen LogP contribution in [0, 0.1) is 0 Å². The Kier molecular flexibility index (Phi) is 3.62. The maximum atomic E-state index is 11.7. The standard InChI is InChI=1S/C13H16N4O/c1-17-12(8-9-15-17)16-13(18)7-4-10-2-5-11(14)6-3-10/h2-3,5-6,8-9H,4,7,14H2,1H3,(H,16,18). The molecule has 0 fully saturated rings. The van der Waals surface area contributed by atoms with Gasteiger partial charge in [0.15, 0.2) is 0 Å². The summed E-state index contributed by atoms with van der Waals surface area (Å²) >= 11 is 0. The zero-order valence-electron chi connectivity index (χ0n) is 10.3. The molecule has 3 N–H and O–H groups in total. The Labute approximate surface area is 106 Å². The first-order valence-electron chi connectivity index (χ1n) is 5.77. The molecule has 0 aliphatic heterocycles. The van der Waals surface area contributed by atoms with E-state index in [1.165, 1.54) is 0 Å². The first-order valence-corrected chi connectivity index (χ1v) is 5.77. The lowest BCUT2D eigenvalue weighted by Crippen LogP contribution is -2.14. The molecule has 0 spiro atoms. The van der Waals surface area contributed by atoms with Gasteiger partial charge in [0, 0.05) is 25.2 Å². The van der Waals surface area contributed by atoms with E-state index in [1.54, 1.807) is 24.0 Å². The lowest BCUT2D eigenvalue weighted by molar-refractivity contribution is -0.116. The van der Waals surface area contributed by atoms with Crippen LogP contribution in [0.2, 0.25) is 0 Å². The Hall–Kier alpha value is -2.30. The Balaban J connectivity index is 1.85. The molecule has 2 aromatic rings. The molecular weight excluding hydrogens is 228 g/mol. The number of carbonyl (C=O) groups excluding carboxylic acids is 1. The van der Waals surface area contributed by atoms with Crippen molar-refractivity contribution in [1.29, 1.82) is 0 Å². The predicted molar refractivity (Wildman–Crippen MR) is 71.0 cm³/mol. The van der Waals surface area contributed by atoms with Crippen LogP contribution in [0.15, 0.2) is 36.5 Å². The Bertz CT molecular complexity index is 530. The van der Waals surface area contributed by atoms with Crippen LogP contribution in [-0.4, -0.2) is 15.7 Å². The van der Waals surface area contributed by atoms with Gasteiger partial charge >= 0.3 is 0 Å². The summed E-state index contributed by atoms with van der Waals surface area (Å²) in [6.45, 7) is 0. The summed E-state index contributed by atoms with van der Waals surface area (Å²) in [4.78, 5) is 11.7. The number of nitrogens with zero attached hydrogens (tertiary/aromatic N) is 2. The summed E-state index contributed by atoms with van der Waals surface area (Å²) in [5.74, 6) is 0.688. The summed E-state index contributed by atoms with van der Waals surface area (Å²) in [5, 5.41) is 6.79. The van der Waals surface area contributed by atoms with Gasteiger partial charge in [-0.05, 0) is 24.1 Å². The number of nitrogens with two attached hydrogens (primary N) is 1. The number of amides is 1. The summed E-state index contributed by atoms with van der Waals surface area (Å²) in [6.07, 6.45) is 2.79. The predicted octanol–water partition coefficient (Wildman–Crippen LogP) is 1.57. The number of nitrogen functional groups attached to an aromatic ring is 1. The number of hydrogen-bond donors (Lipinski definition) is 2. The Morgan fingerprint density at radius 2 is 2.06 bits per heavy atom. The van der Waals surface area contributed by atoms with E-state index >= 15 is 0 Å². The highest BCUT2D eigenvalue weighted by molar-refractivity contribution is 5.89. The molecule has 0 aliphatic rings. The van der Waals surface area contributed by atoms with Gasteiger partial charge < -0.3 is 11.1 Å². The third-order valence-corrected chi connectivity index (χ3v) is 2.71. The van der Waals surface area contributed by atoms with Crippen LogP contribution in [0.4, 0.5) is 11.5 Å². The fraction of sp³-hybridized carbons (Fsp3) is 0.231. The van der Waals surface area contributed by atoms with Crippen molar-refractivity contribution in [1.82, 2.24) is 9.78 Å². The molecule has 5 heteroatoms. The molecule has 1 aromatic heterocycles. The molecule has 0 atom stereocenters. The Morgan fingerprint density at radius 3 is 2.67 bits per heavy atom. The van der Waals surface area contributed by atoms with E-state index in [9.17, 15) is 4.79 Å². The van der Waals surface area contributed by atoms with Gasteiger partial charge in [0.2, 0.25) is 5.91 Å². The molecule has 0 saturated heterocycles. The number of rotatable bonds is 4. The van der Waals surface area contributed by atoms with Gasteiger partial charge in [-0.25, -0.2) is 0 Å². The molecule has 5 nitrogen and oxygen atoms in total. The highest BCUT2D eigenvalue weighted by Crippen LogP contribution is 2.09. The number of aromatic nitrogens is 2. The molecule has 0 radical (unpaired) electrons. The fourth-order valence-corrected chi connectivity index (χ4v) is 1.64. The van der Waals surface area contributed by atoms with Gasteiger partial charge in [-0.1, -0.05) is 12.1 Å². The van der Waals surface area contributed by atoms with E-state index in [4.69, 9.17) is 5.73 Å². The largest absolute Gasteiger partial charge is 0.399 e. The fourth-order valence-electron chi connectivity index (χ4n) is 1.64. The Morgan fingerprint density at radius 1 is 1.33 bits per heavy atom. The van der Waals surface area contributed by atoms with Crippen molar-refractivity contribution in [3.05, 3.63) is 42.1 Å². The smallest absolute Gasteiger partial charge is 0.225 e. The molecule has 0 bridgehead atoms. The zero-order chi connectivity index (χ0) is 13.0. The van der Waals surface area contributed by atoms with Crippen molar-refractivity contribution in [3.63, 3.8) is 0 Å². The topological polar surface area (TPSA) is 72.9 Å². The minimum atomic E-state index is -0.0181. The molecule has 94 valence electrons. The molecule has 0 unspecified atom stereocenters. The second-order valence-corrected chi connectivity index (χ2v) is 4.13. The zero-order valence-corrected chi connectivity index (χ0v) is 10.3. The highest BCUT2D eigenvalue weighted by Gasteiger charge is 2.05. The van der Waals surface area contributed by atoms with Gasteiger partial charge in [-0.2, -0.15) is 5.10 Å². The molecule has 0 aliphatic carbocycles. The van der Waals surface area contributed by atoms with Gasteiger partial charge in [-0.15, -0.1) is 0 Å². The number of hydrogen-bond acceptors (Lipinski definition) is 3. The lowest BCUT2D eigenvalue weighted by Gasteiger charge is -2.05. The van der Waals surface area contributed by atoms with Crippen molar-refractivity contribution in [2.24, 2.45) is 7.05 Å². The highest BCUT2D eigenvalue weighted by atomic mass is 16.1. The van der Waals surface area contributed by atoms with Crippen molar-refractivity contribution in [2.45, 2.75) is 12.8 Å². The van der Waals surface area contributed by atoms with Gasteiger partial charge in [0.1, 0.15) is 5.82 Å². The van der Waals surface area contributed by atoms with Crippen LogP contribution in [0.5, 0.6) is 0 Å². The maximum absolute atomic E-state index is 11.7. The van der Waals surface area contributed by atoms with Crippen LogP contribution < -0.4 is 11.1 Å². The molecule has 1 heterocycles. The minimum absolute atomic E-state index is 0.0181. The van der Waals surface area contributed by atoms with Crippen LogP contribution in [0.1, 0.15) is 12.0 Å². The minimum Gasteiger partial charge on any atom is -0.399 e. The summed E-state index contributed by atoms with van der Waals surface area (Å²) in [5.41, 5.74) is 7.44. The number of nitrogens with one attached hydrogen (secondary N) is 1. The van der Waals surface area contributed by atoms with Crippen molar-refractivity contribution >= 4 is 17.4 Å².